The van der Waals surface area contributed by atoms with Gasteiger partial charge in [0.1, 0.15) is 17.6 Å². The van der Waals surface area contributed by atoms with Gasteiger partial charge in [-0.05, 0) is 68.7 Å². The van der Waals surface area contributed by atoms with Gasteiger partial charge in [-0.1, -0.05) is 6.92 Å². The van der Waals surface area contributed by atoms with Gasteiger partial charge in [0.2, 0.25) is 11.8 Å². The predicted octanol–water partition coefficient (Wildman–Crippen LogP) is 5.00. The second kappa shape index (κ2) is 11.2. The summed E-state index contributed by atoms with van der Waals surface area (Å²) in [5.74, 6) is 1.90. The SMILES string of the molecule is CCc1cc(OCCCN(C)C(=O)O)ccc1-c1nnc(-c2ccc(OC(C)C)c(C#N)c2)o1. The molecule has 0 aliphatic rings. The number of benzene rings is 2. The summed E-state index contributed by atoms with van der Waals surface area (Å²) in [6.07, 6.45) is 0.315. The lowest BCUT2D eigenvalue weighted by atomic mass is 10.0. The van der Waals surface area contributed by atoms with Crippen molar-refractivity contribution < 1.29 is 23.8 Å². The number of hydrogen-bond donors (Lipinski definition) is 1. The fourth-order valence-corrected chi connectivity index (χ4v) is 3.30. The van der Waals surface area contributed by atoms with Crippen LogP contribution in [0.4, 0.5) is 4.79 Å². The Morgan fingerprint density at radius 1 is 1.21 bits per heavy atom. The molecule has 1 aromatic heterocycles. The molecule has 0 spiro atoms. The molecule has 34 heavy (non-hydrogen) atoms. The highest BCUT2D eigenvalue weighted by Crippen LogP contribution is 2.31. The average Bonchev–Trinajstić information content (AvgIpc) is 3.31. The molecule has 9 heteroatoms. The highest BCUT2D eigenvalue weighted by molar-refractivity contribution is 5.65. The largest absolute Gasteiger partial charge is 0.494 e. The zero-order valence-corrected chi connectivity index (χ0v) is 19.7. The second-order valence-corrected chi connectivity index (χ2v) is 7.98. The number of hydrogen-bond acceptors (Lipinski definition) is 7. The maximum absolute atomic E-state index is 10.8. The van der Waals surface area contributed by atoms with Crippen LogP contribution >= 0.6 is 0 Å². The quantitative estimate of drug-likeness (QED) is 0.416. The number of carboxylic acid groups (broad SMARTS) is 1. The summed E-state index contributed by atoms with van der Waals surface area (Å²) in [5.41, 5.74) is 2.82. The Labute approximate surface area is 198 Å². The minimum atomic E-state index is -0.958. The standard InChI is InChI=1S/C25H28N4O5/c1-5-17-14-20(32-12-6-11-29(4)25(30)31)8-9-21(17)24-28-27-23(34-24)18-7-10-22(33-16(2)3)19(13-18)15-26/h7-10,13-14,16H,5-6,11-12H2,1-4H3,(H,30,31). The van der Waals surface area contributed by atoms with Crippen molar-refractivity contribution in [3.05, 3.63) is 47.5 Å². The molecule has 0 aliphatic heterocycles. The molecule has 1 heterocycles. The van der Waals surface area contributed by atoms with Gasteiger partial charge in [-0.3, -0.25) is 0 Å². The number of carbonyl (C=O) groups is 1. The van der Waals surface area contributed by atoms with Crippen LogP contribution in [0.1, 0.15) is 38.3 Å². The van der Waals surface area contributed by atoms with Crippen molar-refractivity contribution in [3.8, 4) is 40.5 Å². The Morgan fingerprint density at radius 2 is 1.97 bits per heavy atom. The van der Waals surface area contributed by atoms with Gasteiger partial charge in [0.25, 0.3) is 0 Å². The van der Waals surface area contributed by atoms with E-state index in [1.807, 2.05) is 39.0 Å². The van der Waals surface area contributed by atoms with Crippen LogP contribution in [0.2, 0.25) is 0 Å². The summed E-state index contributed by atoms with van der Waals surface area (Å²) in [7, 11) is 1.53. The molecule has 0 aliphatic carbocycles. The highest BCUT2D eigenvalue weighted by Gasteiger charge is 2.16. The van der Waals surface area contributed by atoms with Crippen molar-refractivity contribution in [2.75, 3.05) is 20.2 Å². The first-order valence-corrected chi connectivity index (χ1v) is 11.1. The van der Waals surface area contributed by atoms with Gasteiger partial charge in [-0.15, -0.1) is 10.2 Å². The lowest BCUT2D eigenvalue weighted by Crippen LogP contribution is -2.26. The van der Waals surface area contributed by atoms with E-state index in [-0.39, 0.29) is 6.10 Å². The van der Waals surface area contributed by atoms with Gasteiger partial charge >= 0.3 is 6.09 Å². The van der Waals surface area contributed by atoms with Gasteiger partial charge in [0.15, 0.2) is 0 Å². The van der Waals surface area contributed by atoms with Crippen LogP contribution < -0.4 is 9.47 Å². The monoisotopic (exact) mass is 464 g/mol. The van der Waals surface area contributed by atoms with Crippen LogP contribution in [0.25, 0.3) is 22.9 Å². The molecule has 0 radical (unpaired) electrons. The Balaban J connectivity index is 1.74. The molecule has 3 rings (SSSR count). The second-order valence-electron chi connectivity index (χ2n) is 7.98. The minimum absolute atomic E-state index is 0.0431. The van der Waals surface area contributed by atoms with E-state index in [1.165, 1.54) is 11.9 Å². The van der Waals surface area contributed by atoms with Crippen molar-refractivity contribution in [1.29, 1.82) is 5.26 Å². The summed E-state index contributed by atoms with van der Waals surface area (Å²) < 4.78 is 17.4. The number of aryl methyl sites for hydroxylation is 1. The molecule has 0 bridgehead atoms. The van der Waals surface area contributed by atoms with E-state index >= 15 is 0 Å². The Morgan fingerprint density at radius 3 is 2.65 bits per heavy atom. The van der Waals surface area contributed by atoms with Crippen LogP contribution in [0.3, 0.4) is 0 Å². The molecule has 9 nitrogen and oxygen atoms in total. The van der Waals surface area contributed by atoms with Crippen LogP contribution in [0.15, 0.2) is 40.8 Å². The lowest BCUT2D eigenvalue weighted by Gasteiger charge is -2.13. The fourth-order valence-electron chi connectivity index (χ4n) is 3.30. The van der Waals surface area contributed by atoms with Crippen LogP contribution in [-0.2, 0) is 6.42 Å². The van der Waals surface area contributed by atoms with Gasteiger partial charge in [0.05, 0.1) is 18.3 Å². The average molecular weight is 465 g/mol. The van der Waals surface area contributed by atoms with E-state index in [0.29, 0.717) is 54.0 Å². The number of aromatic nitrogens is 2. The van der Waals surface area contributed by atoms with Crippen molar-refractivity contribution in [2.45, 2.75) is 39.7 Å². The van der Waals surface area contributed by atoms with Gasteiger partial charge in [0, 0.05) is 24.7 Å². The van der Waals surface area contributed by atoms with Gasteiger partial charge in [-0.2, -0.15) is 5.26 Å². The molecule has 0 unspecified atom stereocenters. The fraction of sp³-hybridized carbons (Fsp3) is 0.360. The molecule has 0 saturated carbocycles. The number of amides is 1. The summed E-state index contributed by atoms with van der Waals surface area (Å²) in [6.45, 7) is 6.63. The molecule has 178 valence electrons. The van der Waals surface area contributed by atoms with E-state index in [1.54, 1.807) is 18.2 Å². The van der Waals surface area contributed by atoms with Crippen LogP contribution in [-0.4, -0.2) is 52.6 Å². The number of rotatable bonds is 10. The van der Waals surface area contributed by atoms with Crippen molar-refractivity contribution in [2.24, 2.45) is 0 Å². The Bertz CT molecular complexity index is 1180. The van der Waals surface area contributed by atoms with E-state index in [0.717, 1.165) is 17.5 Å². The first-order chi connectivity index (χ1) is 16.3. The smallest absolute Gasteiger partial charge is 0.407 e. The predicted molar refractivity (Wildman–Crippen MR) is 126 cm³/mol. The summed E-state index contributed by atoms with van der Waals surface area (Å²) >= 11 is 0. The summed E-state index contributed by atoms with van der Waals surface area (Å²) in [5, 5.41) is 26.7. The van der Waals surface area contributed by atoms with Crippen LogP contribution in [0.5, 0.6) is 11.5 Å². The lowest BCUT2D eigenvalue weighted by molar-refractivity contribution is 0.152. The van der Waals surface area contributed by atoms with Crippen molar-refractivity contribution >= 4 is 6.09 Å². The van der Waals surface area contributed by atoms with Crippen molar-refractivity contribution in [1.82, 2.24) is 15.1 Å². The highest BCUT2D eigenvalue weighted by atomic mass is 16.5. The first-order valence-electron chi connectivity index (χ1n) is 11.1. The molecule has 1 amide bonds. The van der Waals surface area contributed by atoms with E-state index in [2.05, 4.69) is 16.3 Å². The molecule has 0 saturated heterocycles. The third-order valence-electron chi connectivity index (χ3n) is 5.06. The number of nitriles is 1. The molecule has 1 N–H and O–H groups in total. The van der Waals surface area contributed by atoms with Crippen LogP contribution in [0, 0.1) is 11.3 Å². The molecule has 2 aromatic carbocycles. The number of nitrogens with zero attached hydrogens (tertiary/aromatic N) is 4. The first kappa shape index (κ1) is 24.6. The molecule has 3 aromatic rings. The normalized spacial score (nSPS) is 10.7. The van der Waals surface area contributed by atoms with Gasteiger partial charge < -0.3 is 23.9 Å². The molecule has 0 atom stereocenters. The molecular weight excluding hydrogens is 436 g/mol. The molecular formula is C25H28N4O5. The third-order valence-corrected chi connectivity index (χ3v) is 5.06. The third kappa shape index (κ3) is 6.04. The zero-order chi connectivity index (χ0) is 24.7. The van der Waals surface area contributed by atoms with Gasteiger partial charge in [-0.25, -0.2) is 4.79 Å². The van der Waals surface area contributed by atoms with Crippen molar-refractivity contribution in [3.63, 3.8) is 0 Å². The maximum atomic E-state index is 10.8. The van der Waals surface area contributed by atoms with E-state index in [4.69, 9.17) is 19.0 Å². The maximum Gasteiger partial charge on any atom is 0.407 e. The topological polar surface area (TPSA) is 122 Å². The Hall–Kier alpha value is -4.06. The summed E-state index contributed by atoms with van der Waals surface area (Å²) in [4.78, 5) is 12.1. The minimum Gasteiger partial charge on any atom is -0.494 e. The molecule has 0 fully saturated rings. The van der Waals surface area contributed by atoms with E-state index < -0.39 is 6.09 Å². The number of ether oxygens (including phenoxy) is 2. The summed E-state index contributed by atoms with van der Waals surface area (Å²) in [6, 6.07) is 13.0. The van der Waals surface area contributed by atoms with E-state index in [9.17, 15) is 10.1 Å². The Kier molecular flexibility index (Phi) is 8.09. The zero-order valence-electron chi connectivity index (χ0n) is 19.7.